The number of nitrogens with zero attached hydrogens (tertiary/aromatic N) is 6. The number of pyridine rings is 1. The minimum atomic E-state index is -5.29. The average molecular weight is 1120 g/mol. The molecule has 5 atom stereocenters. The second-order valence-electron chi connectivity index (χ2n) is 19.6. The van der Waals surface area contributed by atoms with Crippen LogP contribution in [0.5, 0.6) is 0 Å². The number of carbonyl (C=O) groups is 4. The first-order valence-corrected chi connectivity index (χ1v) is 24.0. The van der Waals surface area contributed by atoms with Crippen LogP contribution in [0, 0.1) is 34.3 Å². The lowest BCUT2D eigenvalue weighted by atomic mass is 9.82. The summed E-state index contributed by atoms with van der Waals surface area (Å²) in [5.41, 5.74) is -4.71. The molecule has 424 valence electrons. The molecule has 4 amide bonds. The highest BCUT2D eigenvalue weighted by atomic mass is 19.4. The van der Waals surface area contributed by atoms with E-state index < -0.39 is 115 Å². The smallest absolute Gasteiger partial charge is 0.407 e. The molecule has 2 fully saturated rings. The molecule has 2 aliphatic heterocycles. The number of rotatable bonds is 18. The van der Waals surface area contributed by atoms with Crippen LogP contribution in [0.3, 0.4) is 0 Å². The van der Waals surface area contributed by atoms with Gasteiger partial charge in [0.25, 0.3) is 5.91 Å². The van der Waals surface area contributed by atoms with Crippen LogP contribution in [0.1, 0.15) is 56.5 Å². The second-order valence-corrected chi connectivity index (χ2v) is 19.6. The van der Waals surface area contributed by atoms with Crippen molar-refractivity contribution < 1.29 is 82.8 Å². The van der Waals surface area contributed by atoms with Crippen molar-refractivity contribution in [3.63, 3.8) is 0 Å². The largest absolute Gasteiger partial charge is 0.465 e. The maximum atomic E-state index is 16.0. The summed E-state index contributed by atoms with van der Waals surface area (Å²) in [5, 5.41) is 31.0. The Labute approximate surface area is 440 Å². The first kappa shape index (κ1) is 60.0. The Bertz CT molecular complexity index is 2800. The summed E-state index contributed by atoms with van der Waals surface area (Å²) in [6.45, 7) is 1.20. The SMILES string of the molecule is COC(=O)NC(C(=O)NC(Cc1ccc(C#Cc2ccc(N3CCN4CCOC[C@H]4C3)nc2)cc1)C(O)CN(Cc1c(F)cc(-c2ccn(C(F)F)n2)cc1F)NC(=O)C(NC(=O)O)C(C)(C)C(F)(F)F)C(C)(C)C(F)(F)F. The molecule has 0 aliphatic carbocycles. The summed E-state index contributed by atoms with van der Waals surface area (Å²) in [4.78, 5) is 61.1. The molecule has 2 aliphatic rings. The molecule has 6 N–H and O–H groups in total. The number of alkyl carbamates (subject to hydrolysis) is 1. The van der Waals surface area contributed by atoms with E-state index in [-0.39, 0.29) is 27.5 Å². The molecular formula is C50H56F10N10O8. The van der Waals surface area contributed by atoms with Crippen LogP contribution in [0.4, 0.5) is 59.3 Å². The third-order valence-electron chi connectivity index (χ3n) is 13.5. The van der Waals surface area contributed by atoms with E-state index in [1.54, 1.807) is 12.3 Å². The van der Waals surface area contributed by atoms with Crippen molar-refractivity contribution in [2.75, 3.05) is 57.9 Å². The number of amides is 4. The maximum absolute atomic E-state index is 16.0. The van der Waals surface area contributed by atoms with Crippen molar-refractivity contribution in [1.82, 2.24) is 46.0 Å². The normalized spacial score (nSPS) is 17.0. The Morgan fingerprint density at radius 3 is 2.03 bits per heavy atom. The number of benzene rings is 2. The number of alkyl halides is 8. The molecule has 2 saturated heterocycles. The standard InChI is InChI=1S/C50H56F10N10O8/c1-47(2,49(55,56)57)40(64-46(76)77-5)42(72)62-37(20-29-9-6-28(7-10-29)8-11-30-12-13-39(61-23-30)68-17-16-67-18-19-78-27-32(67)24-68)38(71)26-69(66-43(73)41(63-45(74)75)48(3,4)50(58,59)60)25-33-34(51)21-31(22-35(33)52)36-14-15-70(65-36)44(53)54/h6-7,9-10,12-15,21-23,32,37-38,40-41,44,63,71H,16-20,24-27H2,1-5H3,(H,62,72)(H,64,76)(H,66,73)(H,74,75)/t32-,37?,38?,40?,41?/m1/s1. The fourth-order valence-electron chi connectivity index (χ4n) is 8.47. The number of hydrogen-bond acceptors (Lipinski definition) is 12. The van der Waals surface area contributed by atoms with Gasteiger partial charge in [-0.2, -0.15) is 40.2 Å². The van der Waals surface area contributed by atoms with Crippen molar-refractivity contribution in [3.05, 3.63) is 101 Å². The lowest BCUT2D eigenvalue weighted by Gasteiger charge is -2.44. The predicted octanol–water partition coefficient (Wildman–Crippen LogP) is 6.00. The molecule has 2 aromatic carbocycles. The molecule has 4 unspecified atom stereocenters. The number of carbonyl (C=O) groups excluding carboxylic acids is 3. The van der Waals surface area contributed by atoms with Gasteiger partial charge in [0.2, 0.25) is 5.91 Å². The number of carboxylic acid groups (broad SMARTS) is 1. The zero-order chi connectivity index (χ0) is 57.5. The average Bonchev–Trinajstić information content (AvgIpc) is 3.88. The van der Waals surface area contributed by atoms with Crippen molar-refractivity contribution >= 4 is 29.8 Å². The first-order valence-electron chi connectivity index (χ1n) is 24.0. The third kappa shape index (κ3) is 14.7. The van der Waals surface area contributed by atoms with Crippen molar-refractivity contribution in [2.45, 2.75) is 89.8 Å². The highest BCUT2D eigenvalue weighted by Crippen LogP contribution is 2.42. The zero-order valence-corrected chi connectivity index (χ0v) is 42.5. The number of fused-ring (bicyclic) bond motifs is 1. The number of ether oxygens (including phenoxy) is 2. The van der Waals surface area contributed by atoms with E-state index >= 15 is 8.78 Å². The number of nitrogens with one attached hydrogen (secondary N) is 4. The maximum Gasteiger partial charge on any atom is 0.407 e. The molecule has 2 aromatic heterocycles. The van der Waals surface area contributed by atoms with Gasteiger partial charge in [0.05, 0.1) is 55.0 Å². The number of aliphatic hydroxyl groups is 1. The molecule has 4 heterocycles. The monoisotopic (exact) mass is 1110 g/mol. The highest BCUT2D eigenvalue weighted by Gasteiger charge is 2.57. The third-order valence-corrected chi connectivity index (χ3v) is 13.5. The van der Waals surface area contributed by atoms with Crippen LogP contribution in [0.25, 0.3) is 11.3 Å². The Morgan fingerprint density at radius 1 is 0.846 bits per heavy atom. The number of hydrazine groups is 1. The van der Waals surface area contributed by atoms with Gasteiger partial charge in [-0.25, -0.2) is 33.0 Å². The van der Waals surface area contributed by atoms with Crippen molar-refractivity contribution in [3.8, 4) is 23.1 Å². The summed E-state index contributed by atoms with van der Waals surface area (Å²) in [6.07, 6.45) is -14.3. The van der Waals surface area contributed by atoms with E-state index in [0.29, 0.717) is 69.2 Å². The number of hydrogen-bond donors (Lipinski definition) is 6. The van der Waals surface area contributed by atoms with Gasteiger partial charge in [0.15, 0.2) is 0 Å². The van der Waals surface area contributed by atoms with E-state index in [1.807, 2.05) is 16.8 Å². The van der Waals surface area contributed by atoms with Crippen LogP contribution in [-0.2, 0) is 32.0 Å². The van der Waals surface area contributed by atoms with E-state index in [2.05, 4.69) is 41.8 Å². The summed E-state index contributed by atoms with van der Waals surface area (Å²) in [6, 6.07) is 5.18. The first-order chi connectivity index (χ1) is 36.5. The topological polar surface area (TPSA) is 216 Å². The minimum Gasteiger partial charge on any atom is -0.465 e. The molecule has 6 rings (SSSR count). The van der Waals surface area contributed by atoms with Gasteiger partial charge in [0.1, 0.15) is 29.5 Å². The molecule has 0 spiro atoms. The van der Waals surface area contributed by atoms with Gasteiger partial charge in [-0.05, 0) is 82.1 Å². The number of aliphatic hydroxyl groups excluding tert-OH is 1. The van der Waals surface area contributed by atoms with E-state index in [4.69, 9.17) is 4.74 Å². The molecule has 28 heteroatoms. The van der Waals surface area contributed by atoms with Gasteiger partial charge in [-0.15, -0.1) is 0 Å². The molecular weight excluding hydrogens is 1060 g/mol. The van der Waals surface area contributed by atoms with Gasteiger partial charge < -0.3 is 40.5 Å². The lowest BCUT2D eigenvalue weighted by molar-refractivity contribution is -0.221. The van der Waals surface area contributed by atoms with Crippen LogP contribution >= 0.6 is 0 Å². The molecule has 4 aromatic rings. The Balaban J connectivity index is 1.32. The molecule has 0 saturated carbocycles. The minimum absolute atomic E-state index is 0.186. The Kier molecular flexibility index (Phi) is 18.9. The van der Waals surface area contributed by atoms with E-state index in [0.717, 1.165) is 51.4 Å². The molecule has 0 bridgehead atoms. The van der Waals surface area contributed by atoms with Crippen LogP contribution in [0.2, 0.25) is 0 Å². The van der Waals surface area contributed by atoms with Gasteiger partial charge in [-0.3, -0.25) is 19.9 Å². The fourth-order valence-corrected chi connectivity index (χ4v) is 8.47. The predicted molar refractivity (Wildman–Crippen MR) is 258 cm³/mol. The van der Waals surface area contributed by atoms with Gasteiger partial charge in [-0.1, -0.05) is 24.0 Å². The molecule has 78 heavy (non-hydrogen) atoms. The van der Waals surface area contributed by atoms with Crippen molar-refractivity contribution in [1.29, 1.82) is 0 Å². The number of aromatic nitrogens is 3. The number of anilines is 1. The summed E-state index contributed by atoms with van der Waals surface area (Å²) in [5.74, 6) is 0.501. The molecule has 0 radical (unpaired) electrons. The Morgan fingerprint density at radius 2 is 1.46 bits per heavy atom. The van der Waals surface area contributed by atoms with Gasteiger partial charge in [0, 0.05) is 73.9 Å². The number of halogens is 10. The quantitative estimate of drug-likeness (QED) is 0.0384. The summed E-state index contributed by atoms with van der Waals surface area (Å²) < 4.78 is 155. The fraction of sp³-hybridized carbons (Fsp3) is 0.480. The highest BCUT2D eigenvalue weighted by molar-refractivity contribution is 5.87. The zero-order valence-electron chi connectivity index (χ0n) is 42.5. The Hall–Kier alpha value is -7.22. The molecule has 18 nitrogen and oxygen atoms in total. The van der Waals surface area contributed by atoms with Crippen LogP contribution in [-0.4, -0.2) is 155 Å². The number of piperazine rings is 1. The van der Waals surface area contributed by atoms with E-state index in [1.165, 1.54) is 29.6 Å². The van der Waals surface area contributed by atoms with E-state index in [9.17, 15) is 64.5 Å². The summed E-state index contributed by atoms with van der Waals surface area (Å²) >= 11 is 0. The summed E-state index contributed by atoms with van der Waals surface area (Å²) in [7, 11) is 0.809. The van der Waals surface area contributed by atoms with Crippen molar-refractivity contribution in [2.24, 2.45) is 10.8 Å². The number of morpholine rings is 1. The number of methoxy groups -OCH3 is 1. The lowest BCUT2D eigenvalue weighted by Crippen LogP contribution is -2.63. The second kappa shape index (κ2) is 24.6. The van der Waals surface area contributed by atoms with Crippen LogP contribution < -0.4 is 26.3 Å². The van der Waals surface area contributed by atoms with Crippen LogP contribution in [0.15, 0.2) is 67.0 Å². The van der Waals surface area contributed by atoms with Gasteiger partial charge >= 0.3 is 31.1 Å².